The molecule has 1 atom stereocenters. The van der Waals surface area contributed by atoms with E-state index in [-0.39, 0.29) is 13.1 Å². The lowest BCUT2D eigenvalue weighted by molar-refractivity contribution is -0.138. The van der Waals surface area contributed by atoms with Gasteiger partial charge in [0.2, 0.25) is 0 Å². The van der Waals surface area contributed by atoms with Gasteiger partial charge in [-0.1, -0.05) is 0 Å². The first kappa shape index (κ1) is 8.46. The third-order valence-electron chi connectivity index (χ3n) is 1.81. The van der Waals surface area contributed by atoms with Crippen molar-refractivity contribution in [3.63, 3.8) is 0 Å². The van der Waals surface area contributed by atoms with Gasteiger partial charge >= 0.3 is 5.97 Å². The highest BCUT2D eigenvalue weighted by molar-refractivity contribution is 5.69. The van der Waals surface area contributed by atoms with E-state index in [2.05, 4.69) is 0 Å². The summed E-state index contributed by atoms with van der Waals surface area (Å²) in [5, 5.41) is 8.39. The van der Waals surface area contributed by atoms with Gasteiger partial charge in [-0.2, -0.15) is 0 Å². The minimum Gasteiger partial charge on any atom is -0.480 e. The summed E-state index contributed by atoms with van der Waals surface area (Å²) in [7, 11) is 0. The maximum atomic E-state index is 12.6. The first-order valence-corrected chi connectivity index (χ1v) is 3.76. The summed E-state index contributed by atoms with van der Waals surface area (Å²) in [6.07, 6.45) is 0.521. The Bertz CT molecular complexity index is 151. The van der Waals surface area contributed by atoms with E-state index in [9.17, 15) is 9.18 Å². The maximum Gasteiger partial charge on any atom is 0.317 e. The molecule has 0 bridgehead atoms. The number of piperidine rings is 1. The highest BCUT2D eigenvalue weighted by Crippen LogP contribution is 2.11. The second-order valence-corrected chi connectivity index (χ2v) is 2.87. The van der Waals surface area contributed by atoms with Crippen LogP contribution in [0, 0.1) is 0 Å². The molecule has 0 aromatic carbocycles. The van der Waals surface area contributed by atoms with Gasteiger partial charge in [-0.3, -0.25) is 9.69 Å². The zero-order valence-corrected chi connectivity index (χ0v) is 6.29. The summed E-state index contributed by atoms with van der Waals surface area (Å²) in [6, 6.07) is 0. The molecule has 11 heavy (non-hydrogen) atoms. The molecule has 1 fully saturated rings. The van der Waals surface area contributed by atoms with Gasteiger partial charge in [-0.15, -0.1) is 0 Å². The minimum absolute atomic E-state index is 0.0274. The van der Waals surface area contributed by atoms with Gasteiger partial charge < -0.3 is 5.11 Å². The number of halogens is 1. The van der Waals surface area contributed by atoms with Gasteiger partial charge in [0, 0.05) is 6.54 Å². The van der Waals surface area contributed by atoms with Gasteiger partial charge in [0.25, 0.3) is 0 Å². The Labute approximate surface area is 64.8 Å². The van der Waals surface area contributed by atoms with Crippen LogP contribution >= 0.6 is 0 Å². The number of hydrogen-bond acceptors (Lipinski definition) is 2. The zero-order chi connectivity index (χ0) is 8.27. The van der Waals surface area contributed by atoms with Crippen molar-refractivity contribution >= 4 is 5.97 Å². The van der Waals surface area contributed by atoms with E-state index in [4.69, 9.17) is 5.11 Å². The van der Waals surface area contributed by atoms with Gasteiger partial charge in [0.15, 0.2) is 0 Å². The standard InChI is InChI=1S/C7H12FNO2/c8-6-2-1-3-9(4-6)5-7(10)11/h6H,1-5H2,(H,10,11)/t6-/m1/s1. The predicted molar refractivity (Wildman–Crippen MR) is 38.2 cm³/mol. The average Bonchev–Trinajstić information content (AvgIpc) is 1.85. The summed E-state index contributed by atoms with van der Waals surface area (Å²) in [5.41, 5.74) is 0. The molecule has 0 saturated carbocycles. The monoisotopic (exact) mass is 161 g/mol. The number of alkyl halides is 1. The summed E-state index contributed by atoms with van der Waals surface area (Å²) in [6.45, 7) is 0.972. The molecule has 1 rings (SSSR count). The Morgan fingerprint density at radius 1 is 1.73 bits per heavy atom. The normalized spacial score (nSPS) is 26.8. The molecule has 0 aliphatic carbocycles. The molecule has 64 valence electrons. The Hall–Kier alpha value is -0.640. The van der Waals surface area contributed by atoms with Crippen LogP contribution in [0.1, 0.15) is 12.8 Å². The second-order valence-electron chi connectivity index (χ2n) is 2.87. The summed E-state index contributed by atoms with van der Waals surface area (Å²) < 4.78 is 12.6. The maximum absolute atomic E-state index is 12.6. The number of likely N-dealkylation sites (tertiary alicyclic amines) is 1. The molecule has 1 aliphatic heterocycles. The number of rotatable bonds is 2. The van der Waals surface area contributed by atoms with Gasteiger partial charge in [0.05, 0.1) is 6.54 Å². The average molecular weight is 161 g/mol. The molecule has 3 nitrogen and oxygen atoms in total. The van der Waals surface area contributed by atoms with E-state index in [1.165, 1.54) is 0 Å². The number of aliphatic carboxylic acids is 1. The van der Waals surface area contributed by atoms with E-state index in [0.29, 0.717) is 13.0 Å². The number of carbonyl (C=O) groups is 1. The van der Waals surface area contributed by atoms with Crippen LogP contribution in [0.5, 0.6) is 0 Å². The lowest BCUT2D eigenvalue weighted by Crippen LogP contribution is -2.39. The molecule has 0 unspecified atom stereocenters. The highest BCUT2D eigenvalue weighted by atomic mass is 19.1. The molecule has 0 radical (unpaired) electrons. The second kappa shape index (κ2) is 3.67. The van der Waals surface area contributed by atoms with Crippen LogP contribution in [-0.4, -0.2) is 41.8 Å². The first-order valence-electron chi connectivity index (χ1n) is 3.76. The van der Waals surface area contributed by atoms with Crippen LogP contribution in [0.15, 0.2) is 0 Å². The Morgan fingerprint density at radius 3 is 3.00 bits per heavy atom. The lowest BCUT2D eigenvalue weighted by atomic mass is 10.1. The van der Waals surface area contributed by atoms with E-state index in [1.54, 1.807) is 4.90 Å². The number of nitrogens with zero attached hydrogens (tertiary/aromatic N) is 1. The first-order chi connectivity index (χ1) is 5.18. The van der Waals surface area contributed by atoms with Crippen LogP contribution in [0.2, 0.25) is 0 Å². The highest BCUT2D eigenvalue weighted by Gasteiger charge is 2.20. The van der Waals surface area contributed by atoms with Gasteiger partial charge in [0.1, 0.15) is 6.17 Å². The molecule has 1 heterocycles. The summed E-state index contributed by atoms with van der Waals surface area (Å²) >= 11 is 0. The molecule has 0 aromatic rings. The Kier molecular flexibility index (Phi) is 2.82. The van der Waals surface area contributed by atoms with Crippen molar-refractivity contribution in [2.45, 2.75) is 19.0 Å². The van der Waals surface area contributed by atoms with Crippen molar-refractivity contribution in [2.75, 3.05) is 19.6 Å². The molecule has 1 saturated heterocycles. The topological polar surface area (TPSA) is 40.5 Å². The fraction of sp³-hybridized carbons (Fsp3) is 0.857. The molecule has 0 amide bonds. The molecule has 1 N–H and O–H groups in total. The third kappa shape index (κ3) is 2.84. The Balaban J connectivity index is 2.28. The molecule has 0 aromatic heterocycles. The quantitative estimate of drug-likeness (QED) is 0.641. The number of carboxylic acids is 1. The summed E-state index contributed by atoms with van der Waals surface area (Å²) in [4.78, 5) is 11.8. The van der Waals surface area contributed by atoms with Crippen molar-refractivity contribution in [2.24, 2.45) is 0 Å². The summed E-state index contributed by atoms with van der Waals surface area (Å²) in [5.74, 6) is -0.876. The van der Waals surface area contributed by atoms with E-state index in [0.717, 1.165) is 6.42 Å². The predicted octanol–water partition coefficient (Wildman–Crippen LogP) is 0.505. The minimum atomic E-state index is -0.876. The van der Waals surface area contributed by atoms with Crippen LogP contribution in [0.25, 0.3) is 0 Å². The zero-order valence-electron chi connectivity index (χ0n) is 6.29. The van der Waals surface area contributed by atoms with Crippen molar-refractivity contribution in [1.29, 1.82) is 0 Å². The van der Waals surface area contributed by atoms with Crippen molar-refractivity contribution < 1.29 is 14.3 Å². The van der Waals surface area contributed by atoms with Crippen molar-refractivity contribution in [1.82, 2.24) is 4.90 Å². The SMILES string of the molecule is O=C(O)CN1CCC[C@@H](F)C1. The van der Waals surface area contributed by atoms with Crippen LogP contribution in [0.4, 0.5) is 4.39 Å². The van der Waals surface area contributed by atoms with E-state index in [1.807, 2.05) is 0 Å². The molecule has 1 aliphatic rings. The number of hydrogen-bond donors (Lipinski definition) is 1. The van der Waals surface area contributed by atoms with Crippen LogP contribution < -0.4 is 0 Å². The molecular weight excluding hydrogens is 149 g/mol. The van der Waals surface area contributed by atoms with Crippen LogP contribution in [-0.2, 0) is 4.79 Å². The van der Waals surface area contributed by atoms with Crippen molar-refractivity contribution in [3.05, 3.63) is 0 Å². The number of carboxylic acid groups (broad SMARTS) is 1. The van der Waals surface area contributed by atoms with Gasteiger partial charge in [-0.05, 0) is 19.4 Å². The molecular formula is C7H12FNO2. The molecule has 0 spiro atoms. The van der Waals surface area contributed by atoms with E-state index >= 15 is 0 Å². The Morgan fingerprint density at radius 2 is 2.45 bits per heavy atom. The van der Waals surface area contributed by atoms with E-state index < -0.39 is 12.1 Å². The largest absolute Gasteiger partial charge is 0.480 e. The third-order valence-corrected chi connectivity index (χ3v) is 1.81. The smallest absolute Gasteiger partial charge is 0.317 e. The van der Waals surface area contributed by atoms with Crippen molar-refractivity contribution in [3.8, 4) is 0 Å². The lowest BCUT2D eigenvalue weighted by Gasteiger charge is -2.26. The van der Waals surface area contributed by atoms with Crippen LogP contribution in [0.3, 0.4) is 0 Å². The fourth-order valence-electron chi connectivity index (χ4n) is 1.33. The molecule has 4 heteroatoms. The van der Waals surface area contributed by atoms with Gasteiger partial charge in [-0.25, -0.2) is 4.39 Å². The fourth-order valence-corrected chi connectivity index (χ4v) is 1.33.